The van der Waals surface area contributed by atoms with Crippen LogP contribution in [0.4, 0.5) is 23.2 Å². The van der Waals surface area contributed by atoms with E-state index in [1.165, 1.54) is 25.3 Å². The van der Waals surface area contributed by atoms with E-state index in [4.69, 9.17) is 0 Å². The van der Waals surface area contributed by atoms with Gasteiger partial charge in [0, 0.05) is 43.0 Å². The van der Waals surface area contributed by atoms with E-state index in [0.29, 0.717) is 23.6 Å². The molecule has 2 N–H and O–H groups in total. The second-order valence-electron chi connectivity index (χ2n) is 10.1. The molecule has 188 valence electrons. The lowest BCUT2D eigenvalue weighted by molar-refractivity contribution is -0.140. The standard InChI is InChI=1S/C25H28F4N4O2/c1-13(15-7-4-8-19(22(15)26)25(27,28)29)30-24(35)18-12-33(14-5-3-6-14)21(34)9-20(18)31-23-16-10-32(2)11-17(16)23/h4,7-9,12-14,16-17,23,31H,3,5-6,10-11H2,1-2H3,(H,30,35)/t13-,16-,17+,23?/m1/s1. The van der Waals surface area contributed by atoms with Crippen molar-refractivity contribution >= 4 is 11.6 Å². The summed E-state index contributed by atoms with van der Waals surface area (Å²) in [5.74, 6) is -1.08. The number of rotatable bonds is 6. The number of benzene rings is 1. The average Bonchev–Trinajstić information content (AvgIpc) is 3.18. The van der Waals surface area contributed by atoms with Crippen LogP contribution in [0.3, 0.4) is 0 Å². The topological polar surface area (TPSA) is 66.4 Å². The molecule has 1 amide bonds. The van der Waals surface area contributed by atoms with Crippen LogP contribution in [0.2, 0.25) is 0 Å². The fourth-order valence-corrected chi connectivity index (χ4v) is 5.38. The first-order valence-corrected chi connectivity index (χ1v) is 11.9. The highest BCUT2D eigenvalue weighted by Crippen LogP contribution is 2.47. The summed E-state index contributed by atoms with van der Waals surface area (Å²) in [6, 6.07) is 3.62. The first-order valence-electron chi connectivity index (χ1n) is 11.9. The number of amides is 1. The molecule has 35 heavy (non-hydrogen) atoms. The highest BCUT2D eigenvalue weighted by molar-refractivity contribution is 5.99. The van der Waals surface area contributed by atoms with Crippen molar-refractivity contribution in [1.29, 1.82) is 0 Å². The van der Waals surface area contributed by atoms with Gasteiger partial charge in [-0.3, -0.25) is 9.59 Å². The van der Waals surface area contributed by atoms with Gasteiger partial charge in [-0.25, -0.2) is 4.39 Å². The van der Waals surface area contributed by atoms with Gasteiger partial charge < -0.3 is 20.1 Å². The van der Waals surface area contributed by atoms with E-state index in [2.05, 4.69) is 22.6 Å². The normalized spacial score (nSPS) is 25.0. The van der Waals surface area contributed by atoms with E-state index in [9.17, 15) is 27.2 Å². The van der Waals surface area contributed by atoms with Crippen LogP contribution in [0.5, 0.6) is 0 Å². The van der Waals surface area contributed by atoms with E-state index >= 15 is 0 Å². The lowest BCUT2D eigenvalue weighted by Gasteiger charge is -2.29. The van der Waals surface area contributed by atoms with Gasteiger partial charge in [-0.15, -0.1) is 0 Å². The molecular weight excluding hydrogens is 464 g/mol. The fourth-order valence-electron chi connectivity index (χ4n) is 5.38. The van der Waals surface area contributed by atoms with Gasteiger partial charge in [0.2, 0.25) is 0 Å². The van der Waals surface area contributed by atoms with Crippen LogP contribution >= 0.6 is 0 Å². The molecule has 1 aliphatic heterocycles. The van der Waals surface area contributed by atoms with Crippen molar-refractivity contribution < 1.29 is 22.4 Å². The zero-order chi connectivity index (χ0) is 25.1. The second-order valence-corrected chi connectivity index (χ2v) is 10.1. The molecule has 2 saturated carbocycles. The molecule has 3 aliphatic rings. The summed E-state index contributed by atoms with van der Waals surface area (Å²) in [4.78, 5) is 28.3. The maximum absolute atomic E-state index is 14.6. The summed E-state index contributed by atoms with van der Waals surface area (Å²) in [5.41, 5.74) is -1.19. The Morgan fingerprint density at radius 2 is 1.86 bits per heavy atom. The Morgan fingerprint density at radius 3 is 2.46 bits per heavy atom. The molecular formula is C25H28F4N4O2. The van der Waals surface area contributed by atoms with E-state index in [1.54, 1.807) is 4.57 Å². The number of hydrogen-bond acceptors (Lipinski definition) is 4. The third kappa shape index (κ3) is 4.44. The molecule has 3 fully saturated rings. The molecule has 1 aromatic carbocycles. The van der Waals surface area contributed by atoms with Gasteiger partial charge in [-0.2, -0.15) is 13.2 Å². The van der Waals surface area contributed by atoms with Crippen molar-refractivity contribution in [2.75, 3.05) is 25.5 Å². The molecule has 6 nitrogen and oxygen atoms in total. The van der Waals surface area contributed by atoms with Crippen molar-refractivity contribution in [2.45, 2.75) is 50.5 Å². The molecule has 5 rings (SSSR count). The largest absolute Gasteiger partial charge is 0.419 e. The molecule has 2 aromatic rings. The predicted molar refractivity (Wildman–Crippen MR) is 123 cm³/mol. The van der Waals surface area contributed by atoms with Gasteiger partial charge in [0.05, 0.1) is 22.9 Å². The monoisotopic (exact) mass is 492 g/mol. The van der Waals surface area contributed by atoms with Gasteiger partial charge in [0.1, 0.15) is 5.82 Å². The Morgan fingerprint density at radius 1 is 1.17 bits per heavy atom. The lowest BCUT2D eigenvalue weighted by atomic mass is 9.92. The number of anilines is 1. The molecule has 2 aliphatic carbocycles. The number of alkyl halides is 3. The van der Waals surface area contributed by atoms with Crippen LogP contribution in [-0.2, 0) is 6.18 Å². The number of piperidine rings is 1. The van der Waals surface area contributed by atoms with Crippen LogP contribution in [0.25, 0.3) is 0 Å². The minimum atomic E-state index is -4.84. The average molecular weight is 493 g/mol. The van der Waals surface area contributed by atoms with Crippen molar-refractivity contribution in [3.05, 3.63) is 63.3 Å². The van der Waals surface area contributed by atoms with Gasteiger partial charge in [-0.1, -0.05) is 12.1 Å². The molecule has 0 spiro atoms. The highest BCUT2D eigenvalue weighted by atomic mass is 19.4. The second kappa shape index (κ2) is 8.65. The fraction of sp³-hybridized carbons (Fsp3) is 0.520. The highest BCUT2D eigenvalue weighted by Gasteiger charge is 2.55. The van der Waals surface area contributed by atoms with Crippen LogP contribution in [0.1, 0.15) is 59.8 Å². The SMILES string of the molecule is C[C@@H](NC(=O)c1cn(C2CCC2)c(=O)cc1NC1[C@H]2CN(C)C[C@@H]12)c1cccc(C(F)(F)F)c1F. The Hall–Kier alpha value is -2.88. The van der Waals surface area contributed by atoms with E-state index in [0.717, 1.165) is 38.4 Å². The number of fused-ring (bicyclic) bond motifs is 1. The number of pyridine rings is 1. The maximum Gasteiger partial charge on any atom is 0.419 e. The van der Waals surface area contributed by atoms with E-state index < -0.39 is 29.5 Å². The van der Waals surface area contributed by atoms with Gasteiger partial charge in [-0.05, 0) is 51.1 Å². The lowest BCUT2D eigenvalue weighted by Crippen LogP contribution is -2.34. The van der Waals surface area contributed by atoms with E-state index in [1.807, 2.05) is 0 Å². The number of carbonyl (C=O) groups is 1. The molecule has 4 atom stereocenters. The minimum absolute atomic E-state index is 0.0235. The first kappa shape index (κ1) is 23.8. The van der Waals surface area contributed by atoms with Crippen LogP contribution in [0, 0.1) is 17.7 Å². The quantitative estimate of drug-likeness (QED) is 0.594. The van der Waals surface area contributed by atoms with Gasteiger partial charge in [0.15, 0.2) is 0 Å². The summed E-state index contributed by atoms with van der Waals surface area (Å²) in [6.07, 6.45) is -0.611. The molecule has 10 heteroatoms. The number of nitrogens with one attached hydrogen (secondary N) is 2. The van der Waals surface area contributed by atoms with E-state index in [-0.39, 0.29) is 28.8 Å². The Balaban J connectivity index is 1.42. The van der Waals surface area contributed by atoms with Crippen LogP contribution in [0.15, 0.2) is 35.3 Å². The predicted octanol–water partition coefficient (Wildman–Crippen LogP) is 4.19. The molecule has 2 heterocycles. The molecule has 0 radical (unpaired) electrons. The van der Waals surface area contributed by atoms with Crippen molar-refractivity contribution in [2.24, 2.45) is 11.8 Å². The number of nitrogens with zero attached hydrogens (tertiary/aromatic N) is 2. The Labute approximate surface area is 200 Å². The number of likely N-dealkylation sites (tertiary alicyclic amines) is 1. The van der Waals surface area contributed by atoms with Crippen molar-refractivity contribution in [3.63, 3.8) is 0 Å². The zero-order valence-corrected chi connectivity index (χ0v) is 19.5. The molecule has 1 aromatic heterocycles. The maximum atomic E-state index is 14.6. The summed E-state index contributed by atoms with van der Waals surface area (Å²) in [6.45, 7) is 3.32. The van der Waals surface area contributed by atoms with Crippen LogP contribution < -0.4 is 16.2 Å². The van der Waals surface area contributed by atoms with Crippen molar-refractivity contribution in [1.82, 2.24) is 14.8 Å². The molecule has 1 saturated heterocycles. The minimum Gasteiger partial charge on any atom is -0.381 e. The third-order valence-corrected chi connectivity index (χ3v) is 7.64. The number of aromatic nitrogens is 1. The summed E-state index contributed by atoms with van der Waals surface area (Å²) in [7, 11) is 2.05. The molecule has 0 bridgehead atoms. The number of carbonyl (C=O) groups excluding carboxylic acids is 1. The summed E-state index contributed by atoms with van der Waals surface area (Å²) in [5, 5.41) is 6.00. The number of halogens is 4. The van der Waals surface area contributed by atoms with Gasteiger partial charge >= 0.3 is 6.18 Å². The Kier molecular flexibility index (Phi) is 5.89. The third-order valence-electron chi connectivity index (χ3n) is 7.64. The van der Waals surface area contributed by atoms with Gasteiger partial charge in [0.25, 0.3) is 11.5 Å². The first-order chi connectivity index (χ1) is 16.5. The summed E-state index contributed by atoms with van der Waals surface area (Å²) >= 11 is 0. The smallest absolute Gasteiger partial charge is 0.381 e. The van der Waals surface area contributed by atoms with Crippen molar-refractivity contribution in [3.8, 4) is 0 Å². The number of hydrogen-bond donors (Lipinski definition) is 2. The van der Waals surface area contributed by atoms with Crippen LogP contribution in [-0.4, -0.2) is 41.6 Å². The summed E-state index contributed by atoms with van der Waals surface area (Å²) < 4.78 is 55.6. The molecule has 1 unspecified atom stereocenters. The zero-order valence-electron chi connectivity index (χ0n) is 19.5. The Bertz CT molecular complexity index is 1190.